The van der Waals surface area contributed by atoms with Gasteiger partial charge in [-0.15, -0.1) is 0 Å². The molecule has 0 N–H and O–H groups in total. The molecule has 136 valence electrons. The van der Waals surface area contributed by atoms with Gasteiger partial charge in [-0.2, -0.15) is 0 Å². The number of aryl methyl sites for hydroxylation is 1. The number of fused-ring (bicyclic) bond motifs is 2. The van der Waals surface area contributed by atoms with Crippen LogP contribution >= 0.6 is 0 Å². The Morgan fingerprint density at radius 3 is 2.62 bits per heavy atom. The molecule has 0 saturated carbocycles. The molecule has 1 heterocycles. The second-order valence-electron chi connectivity index (χ2n) is 8.89. The topological polar surface area (TPSA) is 39.4 Å². The van der Waals surface area contributed by atoms with Gasteiger partial charge in [0.05, 0.1) is 6.10 Å². The number of benzene rings is 2. The van der Waals surface area contributed by atoms with Gasteiger partial charge in [0, 0.05) is 16.8 Å². The summed E-state index contributed by atoms with van der Waals surface area (Å²) in [5, 5.41) is 3.34. The lowest BCUT2D eigenvalue weighted by atomic mass is 9.87. The molecule has 1 unspecified atom stereocenters. The molecule has 1 aromatic heterocycles. The first-order valence-corrected chi connectivity index (χ1v) is 12.2. The van der Waals surface area contributed by atoms with Gasteiger partial charge in [-0.1, -0.05) is 45.0 Å². The van der Waals surface area contributed by atoms with E-state index < -0.39 is 8.32 Å². The monoisotopic (exact) mass is 366 g/mol. The van der Waals surface area contributed by atoms with Crippen LogP contribution in [-0.4, -0.2) is 8.32 Å². The minimum Gasteiger partial charge on any atom is -0.422 e. The summed E-state index contributed by atoms with van der Waals surface area (Å²) in [5.41, 5.74) is 2.71. The van der Waals surface area contributed by atoms with Gasteiger partial charge >= 0.3 is 5.63 Å². The lowest BCUT2D eigenvalue weighted by Gasteiger charge is -2.40. The van der Waals surface area contributed by atoms with Crippen molar-refractivity contribution in [2.75, 3.05) is 0 Å². The van der Waals surface area contributed by atoms with Crippen LogP contribution in [0.3, 0.4) is 0 Å². The summed E-state index contributed by atoms with van der Waals surface area (Å²) >= 11 is 0. The molecule has 1 atom stereocenters. The highest BCUT2D eigenvalue weighted by atomic mass is 28.4. The molecular weight excluding hydrogens is 340 g/mol. The standard InChI is InChI=1S/C22H26O3Si/c1-22(2,3)26(4,5)25-18-11-10-15-13-19(23)24-21-16-9-7-6-8-14(16)12-17(18)20(15)21/h6-9,12-13,18H,10-11H2,1-5H3. The molecule has 4 rings (SSSR count). The minimum absolute atomic E-state index is 0.0585. The quantitative estimate of drug-likeness (QED) is 0.319. The van der Waals surface area contributed by atoms with E-state index in [2.05, 4.69) is 46.0 Å². The van der Waals surface area contributed by atoms with Crippen molar-refractivity contribution in [1.29, 1.82) is 0 Å². The van der Waals surface area contributed by atoms with Gasteiger partial charge < -0.3 is 8.84 Å². The summed E-state index contributed by atoms with van der Waals surface area (Å²) in [6.07, 6.45) is 1.83. The van der Waals surface area contributed by atoms with Gasteiger partial charge in [-0.05, 0) is 53.6 Å². The van der Waals surface area contributed by atoms with E-state index in [-0.39, 0.29) is 16.8 Å². The average molecular weight is 367 g/mol. The fourth-order valence-corrected chi connectivity index (χ4v) is 4.97. The lowest BCUT2D eigenvalue weighted by Crippen LogP contribution is -2.42. The van der Waals surface area contributed by atoms with Crippen molar-refractivity contribution >= 4 is 30.1 Å². The number of rotatable bonds is 2. The Labute approximate surface area is 155 Å². The zero-order valence-electron chi connectivity index (χ0n) is 16.2. The van der Waals surface area contributed by atoms with Gasteiger partial charge in [0.25, 0.3) is 0 Å². The van der Waals surface area contributed by atoms with Crippen molar-refractivity contribution in [1.82, 2.24) is 0 Å². The van der Waals surface area contributed by atoms with Crippen LogP contribution in [0.4, 0.5) is 0 Å². The molecule has 0 amide bonds. The van der Waals surface area contributed by atoms with Crippen LogP contribution in [0.2, 0.25) is 18.1 Å². The normalized spacial score (nSPS) is 17.8. The zero-order chi connectivity index (χ0) is 18.7. The zero-order valence-corrected chi connectivity index (χ0v) is 17.2. The maximum Gasteiger partial charge on any atom is 0.336 e. The highest BCUT2D eigenvalue weighted by molar-refractivity contribution is 6.74. The van der Waals surface area contributed by atoms with E-state index in [1.807, 2.05) is 18.2 Å². The largest absolute Gasteiger partial charge is 0.422 e. The van der Waals surface area contributed by atoms with E-state index in [1.165, 1.54) is 5.56 Å². The Morgan fingerprint density at radius 1 is 1.15 bits per heavy atom. The molecule has 0 spiro atoms. The highest BCUT2D eigenvalue weighted by Gasteiger charge is 2.40. The molecule has 4 heteroatoms. The van der Waals surface area contributed by atoms with E-state index in [9.17, 15) is 4.79 Å². The van der Waals surface area contributed by atoms with Gasteiger partial charge in [0.1, 0.15) is 5.58 Å². The van der Waals surface area contributed by atoms with Crippen LogP contribution in [0.15, 0.2) is 45.6 Å². The Hall–Kier alpha value is -1.91. The minimum atomic E-state index is -1.90. The average Bonchev–Trinajstić information content (AvgIpc) is 2.56. The fourth-order valence-electron chi connectivity index (χ4n) is 3.66. The van der Waals surface area contributed by atoms with Crippen molar-refractivity contribution in [3.63, 3.8) is 0 Å². The molecule has 3 nitrogen and oxygen atoms in total. The Morgan fingerprint density at radius 2 is 1.88 bits per heavy atom. The first kappa shape index (κ1) is 17.5. The van der Waals surface area contributed by atoms with Crippen molar-refractivity contribution in [2.45, 2.75) is 57.8 Å². The first-order chi connectivity index (χ1) is 12.2. The van der Waals surface area contributed by atoms with Crippen LogP contribution in [0.1, 0.15) is 44.4 Å². The molecule has 1 aliphatic rings. The van der Waals surface area contributed by atoms with Crippen molar-refractivity contribution in [2.24, 2.45) is 0 Å². The molecule has 0 fully saturated rings. The molecule has 2 aromatic carbocycles. The van der Waals surface area contributed by atoms with E-state index in [0.717, 1.165) is 34.6 Å². The van der Waals surface area contributed by atoms with Gasteiger partial charge in [-0.25, -0.2) is 4.79 Å². The summed E-state index contributed by atoms with van der Waals surface area (Å²) in [4.78, 5) is 12.1. The summed E-state index contributed by atoms with van der Waals surface area (Å²) < 4.78 is 12.5. The van der Waals surface area contributed by atoms with Crippen molar-refractivity contribution in [3.05, 3.63) is 57.9 Å². The van der Waals surface area contributed by atoms with E-state index >= 15 is 0 Å². The van der Waals surface area contributed by atoms with Gasteiger partial charge in [0.2, 0.25) is 0 Å². The van der Waals surface area contributed by atoms with Crippen LogP contribution in [0.25, 0.3) is 21.7 Å². The molecule has 0 bridgehead atoms. The van der Waals surface area contributed by atoms with E-state index in [1.54, 1.807) is 6.07 Å². The van der Waals surface area contributed by atoms with Gasteiger partial charge in [-0.3, -0.25) is 0 Å². The molecule has 26 heavy (non-hydrogen) atoms. The lowest BCUT2D eigenvalue weighted by molar-refractivity contribution is 0.172. The van der Waals surface area contributed by atoms with E-state index in [0.29, 0.717) is 5.58 Å². The number of hydrogen-bond acceptors (Lipinski definition) is 3. The Kier molecular flexibility index (Phi) is 3.90. The molecule has 0 radical (unpaired) electrons. The van der Waals surface area contributed by atoms with Crippen molar-refractivity contribution < 1.29 is 8.84 Å². The Bertz CT molecular complexity index is 1060. The molecule has 0 saturated heterocycles. The summed E-state index contributed by atoms with van der Waals surface area (Å²) in [5.74, 6) is 0. The predicted molar refractivity (Wildman–Crippen MR) is 109 cm³/mol. The summed E-state index contributed by atoms with van der Waals surface area (Å²) in [6, 6.07) is 12.0. The maximum absolute atomic E-state index is 12.1. The van der Waals surface area contributed by atoms with Crippen LogP contribution in [0, 0.1) is 0 Å². The van der Waals surface area contributed by atoms with Crippen LogP contribution in [0.5, 0.6) is 0 Å². The van der Waals surface area contributed by atoms with Crippen LogP contribution < -0.4 is 5.63 Å². The van der Waals surface area contributed by atoms with Crippen LogP contribution in [-0.2, 0) is 10.8 Å². The SMILES string of the molecule is CC(C)(C)[Si](C)(C)OC1CCc2cc(=O)oc3c2c1cc1ccccc13. The summed E-state index contributed by atoms with van der Waals surface area (Å²) in [7, 11) is -1.90. The van der Waals surface area contributed by atoms with Crippen molar-refractivity contribution in [3.8, 4) is 0 Å². The molecule has 1 aliphatic carbocycles. The van der Waals surface area contributed by atoms with E-state index in [4.69, 9.17) is 8.84 Å². The summed E-state index contributed by atoms with van der Waals surface area (Å²) in [6.45, 7) is 11.4. The highest BCUT2D eigenvalue weighted by Crippen LogP contribution is 2.45. The second kappa shape index (κ2) is 5.79. The molecule has 3 aromatic rings. The molecule has 0 aliphatic heterocycles. The smallest absolute Gasteiger partial charge is 0.336 e. The fraction of sp³-hybridized carbons (Fsp3) is 0.409. The third-order valence-corrected chi connectivity index (χ3v) is 10.6. The predicted octanol–water partition coefficient (Wildman–Crippen LogP) is 5.96. The molecular formula is C22H26O3Si. The van der Waals surface area contributed by atoms with Gasteiger partial charge in [0.15, 0.2) is 8.32 Å². The third-order valence-electron chi connectivity index (χ3n) is 6.11. The Balaban J connectivity index is 1.96. The maximum atomic E-state index is 12.1. The number of hydrogen-bond donors (Lipinski definition) is 0. The first-order valence-electron chi connectivity index (χ1n) is 9.33. The third kappa shape index (κ3) is 2.72. The second-order valence-corrected chi connectivity index (χ2v) is 13.6.